The van der Waals surface area contributed by atoms with E-state index >= 15 is 0 Å². The first-order valence-electron chi connectivity index (χ1n) is 15.4. The van der Waals surface area contributed by atoms with E-state index in [1.807, 2.05) is 62.4 Å². The van der Waals surface area contributed by atoms with Gasteiger partial charge in [0.05, 0.1) is 13.7 Å². The number of carbonyl (C=O) groups excluding carboxylic acids is 3. The van der Waals surface area contributed by atoms with Gasteiger partial charge in [-0.15, -0.1) is 0 Å². The van der Waals surface area contributed by atoms with Gasteiger partial charge in [-0.3, -0.25) is 9.59 Å². The van der Waals surface area contributed by atoms with Gasteiger partial charge < -0.3 is 34.5 Å². The largest absolute Gasteiger partial charge is 0.497 e. The number of alkyl carbamates (subject to hydrolysis) is 1. The van der Waals surface area contributed by atoms with E-state index in [1.54, 1.807) is 18.9 Å². The first-order valence-corrected chi connectivity index (χ1v) is 15.4. The predicted octanol–water partition coefficient (Wildman–Crippen LogP) is 4.86. The number of hydrogen-bond acceptors (Lipinski definition) is 7. The summed E-state index contributed by atoms with van der Waals surface area (Å²) in [5.41, 5.74) is 5.44. The fraction of sp³-hybridized carbons (Fsp3) is 0.400. The Morgan fingerprint density at radius 2 is 1.47 bits per heavy atom. The van der Waals surface area contributed by atoms with Crippen LogP contribution in [0, 0.1) is 0 Å². The van der Waals surface area contributed by atoms with Crippen molar-refractivity contribution >= 4 is 17.9 Å². The zero-order valence-corrected chi connectivity index (χ0v) is 26.4. The van der Waals surface area contributed by atoms with Crippen molar-refractivity contribution < 1.29 is 33.3 Å². The maximum atomic E-state index is 13.5. The van der Waals surface area contributed by atoms with Crippen molar-refractivity contribution in [3.8, 4) is 16.9 Å². The average molecular weight is 618 g/mol. The second-order valence-electron chi connectivity index (χ2n) is 10.7. The molecule has 1 atom stereocenters. The topological polar surface area (TPSA) is 115 Å². The van der Waals surface area contributed by atoms with Crippen molar-refractivity contribution in [3.63, 3.8) is 0 Å². The van der Waals surface area contributed by atoms with Crippen LogP contribution in [-0.4, -0.2) is 75.2 Å². The number of hydrogen-bond donors (Lipinski definition) is 2. The Hall–Kier alpha value is -4.41. The molecule has 0 fully saturated rings. The molecule has 1 aliphatic carbocycles. The Labute approximate surface area is 265 Å². The lowest BCUT2D eigenvalue weighted by Crippen LogP contribution is -2.49. The molecule has 0 saturated carbocycles. The lowest BCUT2D eigenvalue weighted by molar-refractivity contribution is -0.161. The Kier molecular flexibility index (Phi) is 12.4. The highest BCUT2D eigenvalue weighted by Gasteiger charge is 2.29. The number of rotatable bonds is 16. The summed E-state index contributed by atoms with van der Waals surface area (Å²) >= 11 is 0. The molecule has 2 N–H and O–H groups in total. The molecule has 3 aromatic rings. The van der Waals surface area contributed by atoms with Crippen LogP contribution in [0.3, 0.4) is 0 Å². The monoisotopic (exact) mass is 617 g/mol. The maximum absolute atomic E-state index is 13.5. The fourth-order valence-corrected chi connectivity index (χ4v) is 5.47. The van der Waals surface area contributed by atoms with Gasteiger partial charge in [0.25, 0.3) is 0 Å². The molecule has 1 unspecified atom stereocenters. The average Bonchev–Trinajstić information content (AvgIpc) is 3.37. The summed E-state index contributed by atoms with van der Waals surface area (Å²) in [6, 6.07) is 22.8. The number of ether oxygens (including phenoxy) is 4. The van der Waals surface area contributed by atoms with Crippen LogP contribution in [0.4, 0.5) is 4.79 Å². The Morgan fingerprint density at radius 3 is 2.04 bits per heavy atom. The van der Waals surface area contributed by atoms with Crippen molar-refractivity contribution in [2.24, 2.45) is 0 Å². The van der Waals surface area contributed by atoms with Gasteiger partial charge in [-0.1, -0.05) is 60.7 Å². The molecule has 45 heavy (non-hydrogen) atoms. The zero-order valence-electron chi connectivity index (χ0n) is 26.4. The van der Waals surface area contributed by atoms with E-state index in [9.17, 15) is 14.4 Å². The van der Waals surface area contributed by atoms with Crippen molar-refractivity contribution in [3.05, 3.63) is 89.5 Å². The molecule has 4 rings (SSSR count). The summed E-state index contributed by atoms with van der Waals surface area (Å²) in [6.45, 7) is 6.95. The lowest BCUT2D eigenvalue weighted by Gasteiger charge is -2.30. The highest BCUT2D eigenvalue weighted by atomic mass is 16.7. The van der Waals surface area contributed by atoms with Gasteiger partial charge >= 0.3 is 6.09 Å². The van der Waals surface area contributed by atoms with Gasteiger partial charge in [0.2, 0.25) is 11.8 Å². The summed E-state index contributed by atoms with van der Waals surface area (Å²) < 4.78 is 22.2. The van der Waals surface area contributed by atoms with Gasteiger partial charge in [0, 0.05) is 38.6 Å². The molecule has 240 valence electrons. The minimum atomic E-state index is -0.811. The molecule has 0 radical (unpaired) electrons. The van der Waals surface area contributed by atoms with E-state index in [0.717, 1.165) is 27.8 Å². The Balaban J connectivity index is 1.27. The van der Waals surface area contributed by atoms with Crippen LogP contribution in [0.25, 0.3) is 11.1 Å². The quantitative estimate of drug-likeness (QED) is 0.221. The summed E-state index contributed by atoms with van der Waals surface area (Å²) in [5, 5.41) is 5.40. The van der Waals surface area contributed by atoms with Crippen LogP contribution in [0.15, 0.2) is 72.8 Å². The minimum absolute atomic E-state index is 0.0131. The van der Waals surface area contributed by atoms with E-state index in [-0.39, 0.29) is 43.8 Å². The minimum Gasteiger partial charge on any atom is -0.497 e. The molecule has 0 heterocycles. The molecule has 0 aliphatic heterocycles. The molecule has 0 bridgehead atoms. The normalized spacial score (nSPS) is 12.6. The number of nitrogens with zero attached hydrogens (tertiary/aromatic N) is 1. The van der Waals surface area contributed by atoms with Crippen LogP contribution in [0.5, 0.6) is 5.75 Å². The van der Waals surface area contributed by atoms with Crippen molar-refractivity contribution in [2.75, 3.05) is 40.0 Å². The van der Waals surface area contributed by atoms with Crippen LogP contribution in [0.2, 0.25) is 0 Å². The van der Waals surface area contributed by atoms with Gasteiger partial charge in [0.1, 0.15) is 18.4 Å². The molecular weight excluding hydrogens is 574 g/mol. The molecule has 3 aromatic carbocycles. The number of benzene rings is 3. The van der Waals surface area contributed by atoms with Gasteiger partial charge in [-0.05, 0) is 60.7 Å². The Bertz CT molecular complexity index is 1380. The molecular formula is C35H43N3O7. The highest BCUT2D eigenvalue weighted by molar-refractivity contribution is 5.87. The predicted molar refractivity (Wildman–Crippen MR) is 171 cm³/mol. The maximum Gasteiger partial charge on any atom is 0.407 e. The SMILES string of the molecule is CCOC(CN(Cc1ccc(OC)cc1)C(=O)C(C)NC(=O)CCNC(=O)OCC1c2ccccc2-c2ccccc21)OCC. The lowest BCUT2D eigenvalue weighted by atomic mass is 9.98. The number of nitrogens with one attached hydrogen (secondary N) is 2. The summed E-state index contributed by atoms with van der Waals surface area (Å²) in [7, 11) is 1.59. The molecule has 1 aliphatic rings. The zero-order chi connectivity index (χ0) is 32.2. The standard InChI is InChI=1S/C35H43N3O7/c1-5-43-33(44-6-2)22-38(21-25-15-17-26(42-4)18-16-25)34(40)24(3)37-32(39)19-20-36-35(41)45-23-31-29-13-9-7-11-27(29)28-12-8-10-14-30(28)31/h7-18,24,31,33H,5-6,19-23H2,1-4H3,(H,36,41)(H,37,39). The molecule has 0 saturated heterocycles. The number of methoxy groups -OCH3 is 1. The van der Waals surface area contributed by atoms with Crippen molar-refractivity contribution in [2.45, 2.75) is 52.0 Å². The van der Waals surface area contributed by atoms with E-state index in [1.165, 1.54) is 0 Å². The number of fused-ring (bicyclic) bond motifs is 3. The van der Waals surface area contributed by atoms with Gasteiger partial charge in [0.15, 0.2) is 6.29 Å². The van der Waals surface area contributed by atoms with E-state index in [4.69, 9.17) is 18.9 Å². The second-order valence-corrected chi connectivity index (χ2v) is 10.7. The number of carbonyl (C=O) groups is 3. The fourth-order valence-electron chi connectivity index (χ4n) is 5.47. The van der Waals surface area contributed by atoms with Gasteiger partial charge in [-0.25, -0.2) is 4.79 Å². The van der Waals surface area contributed by atoms with E-state index in [2.05, 4.69) is 34.9 Å². The third-order valence-corrected chi connectivity index (χ3v) is 7.63. The van der Waals surface area contributed by atoms with E-state index < -0.39 is 18.4 Å². The molecule has 10 nitrogen and oxygen atoms in total. The molecule has 0 spiro atoms. The number of amides is 3. The third-order valence-electron chi connectivity index (χ3n) is 7.63. The second kappa shape index (κ2) is 16.6. The summed E-state index contributed by atoms with van der Waals surface area (Å²) in [6.07, 6.45) is -1.22. The van der Waals surface area contributed by atoms with Crippen LogP contribution >= 0.6 is 0 Å². The third kappa shape index (κ3) is 9.06. The summed E-state index contributed by atoms with van der Waals surface area (Å²) in [4.78, 5) is 40.3. The van der Waals surface area contributed by atoms with Crippen molar-refractivity contribution in [1.29, 1.82) is 0 Å². The van der Waals surface area contributed by atoms with Crippen molar-refractivity contribution in [1.82, 2.24) is 15.5 Å². The smallest absolute Gasteiger partial charge is 0.407 e. The first kappa shape index (κ1) is 33.5. The van der Waals surface area contributed by atoms with Crippen LogP contribution in [-0.2, 0) is 30.3 Å². The molecule has 0 aromatic heterocycles. The van der Waals surface area contributed by atoms with Crippen LogP contribution in [0.1, 0.15) is 49.8 Å². The Morgan fingerprint density at radius 1 is 0.867 bits per heavy atom. The molecule has 3 amide bonds. The highest BCUT2D eigenvalue weighted by Crippen LogP contribution is 2.44. The molecule has 10 heteroatoms. The van der Waals surface area contributed by atoms with Crippen LogP contribution < -0.4 is 15.4 Å². The first-order chi connectivity index (χ1) is 21.8. The summed E-state index contributed by atoms with van der Waals surface area (Å²) in [5.74, 6) is 0.00751. The van der Waals surface area contributed by atoms with Gasteiger partial charge in [-0.2, -0.15) is 0 Å². The van der Waals surface area contributed by atoms with E-state index in [0.29, 0.717) is 25.5 Å².